The summed E-state index contributed by atoms with van der Waals surface area (Å²) in [4.78, 5) is 22.5. The highest BCUT2D eigenvalue weighted by atomic mass is 35.5. The van der Waals surface area contributed by atoms with Crippen LogP contribution in [0, 0.1) is 16.0 Å². The topological polar surface area (TPSA) is 72.2 Å². The molecule has 5 nitrogen and oxygen atoms in total. The van der Waals surface area contributed by atoms with E-state index in [9.17, 15) is 14.9 Å². The molecule has 0 radical (unpaired) electrons. The number of nitro groups is 1. The fourth-order valence-corrected chi connectivity index (χ4v) is 2.92. The SMILES string of the molecule is CC1CCC(NC(=O)c2cc([N+](=O)[O-])cc(Cl)c2Cl)CC1. The average molecular weight is 331 g/mol. The predicted octanol–water partition coefficient (Wildman–Crippen LogP) is 4.21. The van der Waals surface area contributed by atoms with Gasteiger partial charge in [0.1, 0.15) is 0 Å². The largest absolute Gasteiger partial charge is 0.349 e. The van der Waals surface area contributed by atoms with Crippen LogP contribution < -0.4 is 5.32 Å². The number of nitrogens with one attached hydrogen (secondary N) is 1. The summed E-state index contributed by atoms with van der Waals surface area (Å²) in [6.45, 7) is 2.19. The number of halogens is 2. The second kappa shape index (κ2) is 6.62. The Morgan fingerprint density at radius 1 is 1.29 bits per heavy atom. The van der Waals surface area contributed by atoms with Crippen molar-refractivity contribution >= 4 is 34.8 Å². The maximum atomic E-state index is 12.3. The van der Waals surface area contributed by atoms with E-state index in [2.05, 4.69) is 12.2 Å². The number of hydrogen-bond donors (Lipinski definition) is 1. The number of carbonyl (C=O) groups excluding carboxylic acids is 1. The number of carbonyl (C=O) groups is 1. The van der Waals surface area contributed by atoms with E-state index in [0.29, 0.717) is 5.92 Å². The summed E-state index contributed by atoms with van der Waals surface area (Å²) >= 11 is 11.8. The van der Waals surface area contributed by atoms with E-state index in [1.807, 2.05) is 0 Å². The van der Waals surface area contributed by atoms with Gasteiger partial charge in [-0.2, -0.15) is 0 Å². The normalized spacial score (nSPS) is 21.9. The fourth-order valence-electron chi connectivity index (χ4n) is 2.51. The maximum absolute atomic E-state index is 12.3. The molecule has 1 aliphatic rings. The molecule has 0 bridgehead atoms. The van der Waals surface area contributed by atoms with Crippen LogP contribution in [0.4, 0.5) is 5.69 Å². The zero-order chi connectivity index (χ0) is 15.6. The second-order valence-electron chi connectivity index (χ2n) is 5.48. The van der Waals surface area contributed by atoms with Crippen LogP contribution in [0.3, 0.4) is 0 Å². The number of nitrogens with zero attached hydrogens (tertiary/aromatic N) is 1. The van der Waals surface area contributed by atoms with Crippen LogP contribution in [0.2, 0.25) is 10.0 Å². The molecule has 0 aliphatic heterocycles. The van der Waals surface area contributed by atoms with Crippen LogP contribution in [0.1, 0.15) is 43.0 Å². The molecule has 114 valence electrons. The molecule has 1 aliphatic carbocycles. The van der Waals surface area contributed by atoms with Gasteiger partial charge in [0.05, 0.1) is 20.5 Å². The second-order valence-corrected chi connectivity index (χ2v) is 6.26. The summed E-state index contributed by atoms with van der Waals surface area (Å²) in [5, 5.41) is 13.8. The lowest BCUT2D eigenvalue weighted by Gasteiger charge is -2.27. The number of amides is 1. The lowest BCUT2D eigenvalue weighted by molar-refractivity contribution is -0.384. The lowest BCUT2D eigenvalue weighted by atomic mass is 9.87. The number of benzene rings is 1. The zero-order valence-electron chi connectivity index (χ0n) is 11.6. The third kappa shape index (κ3) is 3.86. The number of hydrogen-bond acceptors (Lipinski definition) is 3. The van der Waals surface area contributed by atoms with E-state index in [0.717, 1.165) is 37.8 Å². The zero-order valence-corrected chi connectivity index (χ0v) is 13.1. The van der Waals surface area contributed by atoms with Crippen LogP contribution in [-0.2, 0) is 0 Å². The Bertz CT molecular complexity index is 570. The van der Waals surface area contributed by atoms with Crippen LogP contribution >= 0.6 is 23.2 Å². The van der Waals surface area contributed by atoms with Crippen molar-refractivity contribution in [2.24, 2.45) is 5.92 Å². The van der Waals surface area contributed by atoms with E-state index >= 15 is 0 Å². The first kappa shape index (κ1) is 16.0. The van der Waals surface area contributed by atoms with Gasteiger partial charge in [0.15, 0.2) is 0 Å². The number of rotatable bonds is 3. The van der Waals surface area contributed by atoms with Gasteiger partial charge in [-0.05, 0) is 31.6 Å². The highest BCUT2D eigenvalue weighted by molar-refractivity contribution is 6.44. The molecule has 0 heterocycles. The van der Waals surface area contributed by atoms with Crippen LogP contribution in [0.25, 0.3) is 0 Å². The molecule has 1 N–H and O–H groups in total. The molecule has 1 aromatic carbocycles. The van der Waals surface area contributed by atoms with Gasteiger partial charge in [0.2, 0.25) is 0 Å². The molecule has 1 aromatic rings. The summed E-state index contributed by atoms with van der Waals surface area (Å²) < 4.78 is 0. The van der Waals surface area contributed by atoms with Gasteiger partial charge in [0.25, 0.3) is 11.6 Å². The van der Waals surface area contributed by atoms with Gasteiger partial charge in [-0.3, -0.25) is 14.9 Å². The molecule has 0 saturated heterocycles. The Morgan fingerprint density at radius 2 is 1.90 bits per heavy atom. The highest BCUT2D eigenvalue weighted by Gasteiger charge is 2.24. The van der Waals surface area contributed by atoms with E-state index in [4.69, 9.17) is 23.2 Å². The minimum Gasteiger partial charge on any atom is -0.349 e. The van der Waals surface area contributed by atoms with Gasteiger partial charge in [-0.25, -0.2) is 0 Å². The quantitative estimate of drug-likeness (QED) is 0.666. The molecule has 1 amide bonds. The fraction of sp³-hybridized carbons (Fsp3) is 0.500. The van der Waals surface area contributed by atoms with Gasteiger partial charge in [-0.15, -0.1) is 0 Å². The van der Waals surface area contributed by atoms with Crippen molar-refractivity contribution in [1.29, 1.82) is 0 Å². The van der Waals surface area contributed by atoms with E-state index in [1.165, 1.54) is 0 Å². The van der Waals surface area contributed by atoms with Crippen molar-refractivity contribution in [3.05, 3.63) is 37.9 Å². The van der Waals surface area contributed by atoms with Crippen molar-refractivity contribution in [1.82, 2.24) is 5.32 Å². The summed E-state index contributed by atoms with van der Waals surface area (Å²) in [6.07, 6.45) is 3.95. The highest BCUT2D eigenvalue weighted by Crippen LogP contribution is 2.31. The van der Waals surface area contributed by atoms with Crippen LogP contribution in [0.5, 0.6) is 0 Å². The first-order valence-corrected chi connectivity index (χ1v) is 7.58. The first-order valence-electron chi connectivity index (χ1n) is 6.82. The average Bonchev–Trinajstić information content (AvgIpc) is 2.43. The smallest absolute Gasteiger partial charge is 0.271 e. The van der Waals surface area contributed by atoms with Gasteiger partial charge in [-0.1, -0.05) is 30.1 Å². The van der Waals surface area contributed by atoms with Crippen molar-refractivity contribution < 1.29 is 9.72 Å². The summed E-state index contributed by atoms with van der Waals surface area (Å²) in [6, 6.07) is 2.39. The predicted molar refractivity (Wildman–Crippen MR) is 82.0 cm³/mol. The Balaban J connectivity index is 2.17. The molecule has 0 atom stereocenters. The van der Waals surface area contributed by atoms with Crippen molar-refractivity contribution in [3.8, 4) is 0 Å². The molecule has 2 rings (SSSR count). The Hall–Kier alpha value is -1.33. The summed E-state index contributed by atoms with van der Waals surface area (Å²) in [5.41, 5.74) is -0.193. The third-order valence-corrected chi connectivity index (χ3v) is 4.62. The summed E-state index contributed by atoms with van der Waals surface area (Å²) in [5.74, 6) is 0.263. The Morgan fingerprint density at radius 3 is 2.48 bits per heavy atom. The number of nitro benzene ring substituents is 1. The minimum absolute atomic E-state index is 0.00767. The minimum atomic E-state index is -0.596. The van der Waals surface area contributed by atoms with Crippen LogP contribution in [0.15, 0.2) is 12.1 Å². The first-order chi connectivity index (χ1) is 9.88. The van der Waals surface area contributed by atoms with Crippen molar-refractivity contribution in [2.75, 3.05) is 0 Å². The molecule has 1 fully saturated rings. The van der Waals surface area contributed by atoms with Gasteiger partial charge >= 0.3 is 0 Å². The molecule has 21 heavy (non-hydrogen) atoms. The van der Waals surface area contributed by atoms with Crippen molar-refractivity contribution in [3.63, 3.8) is 0 Å². The Kier molecular flexibility index (Phi) is 5.06. The number of non-ortho nitro benzene ring substituents is 1. The Labute approximate surface area is 132 Å². The monoisotopic (exact) mass is 330 g/mol. The lowest BCUT2D eigenvalue weighted by Crippen LogP contribution is -2.37. The summed E-state index contributed by atoms with van der Waals surface area (Å²) in [7, 11) is 0. The standard InChI is InChI=1S/C14H16Cl2N2O3/c1-8-2-4-9(5-3-8)17-14(19)11-6-10(18(20)21)7-12(15)13(11)16/h6-9H,2-5H2,1H3,(H,17,19). The maximum Gasteiger partial charge on any atom is 0.271 e. The van der Waals surface area contributed by atoms with E-state index in [1.54, 1.807) is 0 Å². The molecule has 0 unspecified atom stereocenters. The van der Waals surface area contributed by atoms with E-state index < -0.39 is 10.8 Å². The third-order valence-electron chi connectivity index (χ3n) is 3.82. The molecular weight excluding hydrogens is 315 g/mol. The molecule has 0 aromatic heterocycles. The van der Waals surface area contributed by atoms with Crippen molar-refractivity contribution in [2.45, 2.75) is 38.6 Å². The molecule has 1 saturated carbocycles. The van der Waals surface area contributed by atoms with E-state index in [-0.39, 0.29) is 27.3 Å². The molecule has 0 spiro atoms. The molecule has 7 heteroatoms. The molecular formula is C14H16Cl2N2O3. The van der Waals surface area contributed by atoms with Gasteiger partial charge < -0.3 is 5.32 Å². The van der Waals surface area contributed by atoms with Gasteiger partial charge in [0, 0.05) is 18.2 Å². The van der Waals surface area contributed by atoms with Crippen LogP contribution in [-0.4, -0.2) is 16.9 Å².